The molecule has 0 fully saturated rings. The Morgan fingerprint density at radius 1 is 1.53 bits per heavy atom. The van der Waals surface area contributed by atoms with Gasteiger partial charge in [0.15, 0.2) is 0 Å². The molecule has 1 unspecified atom stereocenters. The number of hydrogen-bond acceptors (Lipinski definition) is 2. The van der Waals surface area contributed by atoms with E-state index >= 15 is 0 Å². The number of rotatable bonds is 4. The normalized spacial score (nSPS) is 12.5. The minimum Gasteiger partial charge on any atom is -0.376 e. The summed E-state index contributed by atoms with van der Waals surface area (Å²) < 4.78 is 5.08. The number of amides is 1. The van der Waals surface area contributed by atoms with E-state index in [-0.39, 0.29) is 0 Å². The molecule has 0 aliphatic carbocycles. The number of halogens is 2. The maximum atomic E-state index is 10.7. The van der Waals surface area contributed by atoms with Crippen LogP contribution in [0.2, 0.25) is 10.0 Å². The van der Waals surface area contributed by atoms with Gasteiger partial charge in [-0.1, -0.05) is 29.3 Å². The van der Waals surface area contributed by atoms with Crippen molar-refractivity contribution in [2.24, 2.45) is 5.73 Å². The molecular formula is C10H10Cl2NO2. The van der Waals surface area contributed by atoms with Crippen LogP contribution in [0.4, 0.5) is 0 Å². The lowest BCUT2D eigenvalue weighted by Crippen LogP contribution is -2.17. The van der Waals surface area contributed by atoms with Crippen LogP contribution in [-0.2, 0) is 9.53 Å². The molecule has 0 aliphatic heterocycles. The Hall–Kier alpha value is -0.770. The smallest absolute Gasteiger partial charge is 0.224 e. The molecule has 2 N–H and O–H groups in total. The van der Waals surface area contributed by atoms with Crippen molar-refractivity contribution in [3.63, 3.8) is 0 Å². The van der Waals surface area contributed by atoms with Crippen LogP contribution in [0.3, 0.4) is 0 Å². The van der Waals surface area contributed by atoms with Gasteiger partial charge in [0, 0.05) is 22.7 Å². The van der Waals surface area contributed by atoms with Gasteiger partial charge in [0.25, 0.3) is 0 Å². The van der Waals surface area contributed by atoms with E-state index < -0.39 is 12.0 Å². The molecular weight excluding hydrogens is 237 g/mol. The predicted molar refractivity (Wildman–Crippen MR) is 59.7 cm³/mol. The maximum Gasteiger partial charge on any atom is 0.224 e. The van der Waals surface area contributed by atoms with Gasteiger partial charge in [0.2, 0.25) is 5.91 Å². The molecule has 0 saturated carbocycles. The summed E-state index contributed by atoms with van der Waals surface area (Å²) in [5.74, 6) is -0.562. The molecule has 81 valence electrons. The van der Waals surface area contributed by atoms with E-state index in [4.69, 9.17) is 33.7 Å². The lowest BCUT2D eigenvalue weighted by molar-refractivity contribution is -0.116. The fourth-order valence-electron chi connectivity index (χ4n) is 1.17. The first-order valence-corrected chi connectivity index (χ1v) is 4.92. The van der Waals surface area contributed by atoms with Crippen LogP contribution in [0.5, 0.6) is 0 Å². The average Bonchev–Trinajstić information content (AvgIpc) is 2.14. The number of carbonyl (C=O) groups excluding carboxylic acids is 1. The first-order valence-electron chi connectivity index (χ1n) is 4.16. The molecule has 1 aromatic rings. The molecule has 5 heteroatoms. The van der Waals surface area contributed by atoms with Crippen molar-refractivity contribution in [2.75, 3.05) is 7.11 Å². The highest BCUT2D eigenvalue weighted by atomic mass is 35.5. The third-order valence-electron chi connectivity index (χ3n) is 1.84. The summed E-state index contributed by atoms with van der Waals surface area (Å²) >= 11 is 11.7. The van der Waals surface area contributed by atoms with Crippen LogP contribution < -0.4 is 5.73 Å². The van der Waals surface area contributed by atoms with E-state index in [0.717, 1.165) is 0 Å². The Kier molecular flexibility index (Phi) is 4.39. The van der Waals surface area contributed by atoms with Crippen LogP contribution >= 0.6 is 23.2 Å². The Labute approximate surface area is 98.1 Å². The van der Waals surface area contributed by atoms with Crippen molar-refractivity contribution in [3.8, 4) is 0 Å². The molecule has 0 spiro atoms. The van der Waals surface area contributed by atoms with Gasteiger partial charge in [-0.3, -0.25) is 4.79 Å². The zero-order valence-corrected chi connectivity index (χ0v) is 9.55. The Balaban J connectivity index is 2.96. The zero-order valence-electron chi connectivity index (χ0n) is 8.04. The van der Waals surface area contributed by atoms with Gasteiger partial charge in [-0.05, 0) is 12.1 Å². The standard InChI is InChI=1S/C10H10Cl2NO2/c1-15-9(5-10(13)14)7-3-2-6(11)4-8(7)12/h2-5,9H,1H3,(H2,13,14). The SMILES string of the molecule is COC([CH]C(N)=O)c1ccc(Cl)cc1Cl. The van der Waals surface area contributed by atoms with Crippen LogP contribution in [0.15, 0.2) is 18.2 Å². The van der Waals surface area contributed by atoms with Gasteiger partial charge in [0.1, 0.15) is 0 Å². The van der Waals surface area contributed by atoms with Gasteiger partial charge < -0.3 is 10.5 Å². The Bertz CT molecular complexity index is 368. The van der Waals surface area contributed by atoms with E-state index in [1.807, 2.05) is 0 Å². The molecule has 1 radical (unpaired) electrons. The van der Waals surface area contributed by atoms with Crippen LogP contribution in [0.1, 0.15) is 11.7 Å². The second-order valence-electron chi connectivity index (χ2n) is 2.89. The van der Waals surface area contributed by atoms with E-state index in [1.165, 1.54) is 13.5 Å². The number of carbonyl (C=O) groups is 1. The van der Waals surface area contributed by atoms with E-state index in [1.54, 1.807) is 18.2 Å². The minimum absolute atomic E-state index is 0.437. The lowest BCUT2D eigenvalue weighted by Gasteiger charge is -2.15. The topological polar surface area (TPSA) is 52.3 Å². The molecule has 15 heavy (non-hydrogen) atoms. The summed E-state index contributed by atoms with van der Waals surface area (Å²) in [5, 5.41) is 0.963. The highest BCUT2D eigenvalue weighted by molar-refractivity contribution is 6.35. The summed E-state index contributed by atoms with van der Waals surface area (Å²) in [6, 6.07) is 4.95. The van der Waals surface area contributed by atoms with Crippen LogP contribution in [0.25, 0.3) is 0 Å². The molecule has 0 aliphatic rings. The number of ether oxygens (including phenoxy) is 1. The van der Waals surface area contributed by atoms with Gasteiger partial charge in [-0.15, -0.1) is 0 Å². The predicted octanol–water partition coefficient (Wildman–Crippen LogP) is 2.37. The summed E-state index contributed by atoms with van der Waals surface area (Å²) in [5.41, 5.74) is 5.70. The maximum absolute atomic E-state index is 10.7. The molecule has 1 amide bonds. The summed E-state index contributed by atoms with van der Waals surface area (Å²) in [6.07, 6.45) is 0.696. The van der Waals surface area contributed by atoms with E-state index in [0.29, 0.717) is 15.6 Å². The first-order chi connectivity index (χ1) is 7.04. The Morgan fingerprint density at radius 3 is 2.67 bits per heavy atom. The van der Waals surface area contributed by atoms with Crippen molar-refractivity contribution in [3.05, 3.63) is 40.2 Å². The molecule has 0 saturated heterocycles. The molecule has 0 heterocycles. The third kappa shape index (κ3) is 3.38. The number of nitrogens with two attached hydrogens (primary N) is 1. The second kappa shape index (κ2) is 5.35. The molecule has 0 bridgehead atoms. The molecule has 3 nitrogen and oxygen atoms in total. The number of benzene rings is 1. The van der Waals surface area contributed by atoms with Crippen molar-refractivity contribution in [2.45, 2.75) is 6.10 Å². The monoisotopic (exact) mass is 246 g/mol. The van der Waals surface area contributed by atoms with Gasteiger partial charge >= 0.3 is 0 Å². The van der Waals surface area contributed by atoms with Crippen molar-refractivity contribution in [1.29, 1.82) is 0 Å². The van der Waals surface area contributed by atoms with Crippen LogP contribution in [-0.4, -0.2) is 13.0 Å². The van der Waals surface area contributed by atoms with Gasteiger partial charge in [-0.2, -0.15) is 0 Å². The van der Waals surface area contributed by atoms with Gasteiger partial charge in [0.05, 0.1) is 12.5 Å². The average molecular weight is 247 g/mol. The largest absolute Gasteiger partial charge is 0.376 e. The summed E-state index contributed by atoms with van der Waals surface area (Å²) in [4.78, 5) is 10.7. The summed E-state index contributed by atoms with van der Waals surface area (Å²) in [6.45, 7) is 0. The minimum atomic E-state index is -0.562. The quantitative estimate of drug-likeness (QED) is 0.887. The fraction of sp³-hybridized carbons (Fsp3) is 0.200. The molecule has 1 rings (SSSR count). The van der Waals surface area contributed by atoms with E-state index in [9.17, 15) is 4.79 Å². The lowest BCUT2D eigenvalue weighted by atomic mass is 10.1. The summed E-state index contributed by atoms with van der Waals surface area (Å²) in [7, 11) is 1.47. The second-order valence-corrected chi connectivity index (χ2v) is 3.73. The number of primary amides is 1. The molecule has 1 atom stereocenters. The number of methoxy groups -OCH3 is 1. The fourth-order valence-corrected chi connectivity index (χ4v) is 1.68. The number of hydrogen-bond donors (Lipinski definition) is 1. The van der Waals surface area contributed by atoms with Crippen molar-refractivity contribution >= 4 is 29.1 Å². The molecule has 0 aromatic heterocycles. The zero-order chi connectivity index (χ0) is 11.4. The first kappa shape index (κ1) is 12.3. The van der Waals surface area contributed by atoms with Gasteiger partial charge in [-0.25, -0.2) is 0 Å². The Morgan fingerprint density at radius 2 is 2.20 bits per heavy atom. The van der Waals surface area contributed by atoms with Crippen LogP contribution in [0, 0.1) is 6.42 Å². The highest BCUT2D eigenvalue weighted by Crippen LogP contribution is 2.29. The third-order valence-corrected chi connectivity index (χ3v) is 2.40. The highest BCUT2D eigenvalue weighted by Gasteiger charge is 2.17. The van der Waals surface area contributed by atoms with Crippen molar-refractivity contribution < 1.29 is 9.53 Å². The van der Waals surface area contributed by atoms with E-state index in [2.05, 4.69) is 0 Å². The van der Waals surface area contributed by atoms with Crippen molar-refractivity contribution in [1.82, 2.24) is 0 Å². The molecule has 1 aromatic carbocycles.